The van der Waals surface area contributed by atoms with Crippen LogP contribution >= 0.6 is 11.3 Å². The zero-order valence-electron chi connectivity index (χ0n) is 19.0. The van der Waals surface area contributed by atoms with Gasteiger partial charge in [0, 0.05) is 18.7 Å². The number of amides is 1. The summed E-state index contributed by atoms with van der Waals surface area (Å²) in [5, 5.41) is 9.86. The SMILES string of the molecule is N#C/C(C(=O)N1CCCC1)=c1/s/c(=C/c2ccccc2OC(F)F)c(=O)n1-c1cccc(C(F)(F)F)c1. The van der Waals surface area contributed by atoms with Gasteiger partial charge in [0.05, 0.1) is 15.8 Å². The number of benzene rings is 2. The van der Waals surface area contributed by atoms with E-state index >= 15 is 0 Å². The van der Waals surface area contributed by atoms with Crippen LogP contribution in [0.5, 0.6) is 5.75 Å². The average Bonchev–Trinajstić information content (AvgIpc) is 3.49. The van der Waals surface area contributed by atoms with Crippen molar-refractivity contribution in [3.05, 3.63) is 79.2 Å². The average molecular weight is 535 g/mol. The van der Waals surface area contributed by atoms with E-state index in [2.05, 4.69) is 4.74 Å². The van der Waals surface area contributed by atoms with Crippen LogP contribution in [0.25, 0.3) is 17.3 Å². The molecule has 37 heavy (non-hydrogen) atoms. The normalized spacial score (nSPS) is 15.2. The second kappa shape index (κ2) is 10.6. The quantitative estimate of drug-likeness (QED) is 0.468. The van der Waals surface area contributed by atoms with Crippen LogP contribution in [0.1, 0.15) is 24.0 Å². The molecule has 4 rings (SSSR count). The van der Waals surface area contributed by atoms with Gasteiger partial charge in [0.2, 0.25) is 0 Å². The summed E-state index contributed by atoms with van der Waals surface area (Å²) in [5.74, 6) is -0.870. The topological polar surface area (TPSA) is 75.3 Å². The van der Waals surface area contributed by atoms with Crippen LogP contribution < -0.4 is 19.5 Å². The van der Waals surface area contributed by atoms with Gasteiger partial charge in [0.1, 0.15) is 16.5 Å². The largest absolute Gasteiger partial charge is 0.434 e. The first-order valence-electron chi connectivity index (χ1n) is 11.0. The van der Waals surface area contributed by atoms with Crippen LogP contribution in [0.4, 0.5) is 22.0 Å². The van der Waals surface area contributed by atoms with Crippen LogP contribution in [-0.2, 0) is 11.0 Å². The number of carbonyl (C=O) groups excluding carboxylic acids is 1. The number of aromatic nitrogens is 1. The van der Waals surface area contributed by atoms with Gasteiger partial charge in [0.15, 0.2) is 5.57 Å². The summed E-state index contributed by atoms with van der Waals surface area (Å²) in [7, 11) is 0. The number of likely N-dealkylation sites (tertiary alicyclic amines) is 1. The standard InChI is InChI=1S/C25H18F5N3O3S/c26-24(27)36-19-9-2-1-6-15(19)12-20-22(35)33(17-8-5-7-16(13-17)25(28,29)30)23(37-20)18(14-31)21(34)32-10-3-4-11-32/h1-2,5-9,12-13,24H,3-4,10-11H2/b20-12+,23-18-. The van der Waals surface area contributed by atoms with Gasteiger partial charge in [-0.15, -0.1) is 11.3 Å². The summed E-state index contributed by atoms with van der Waals surface area (Å²) < 4.78 is 71.0. The number of halogens is 5. The first-order valence-corrected chi connectivity index (χ1v) is 11.8. The van der Waals surface area contributed by atoms with E-state index in [-0.39, 0.29) is 26.2 Å². The van der Waals surface area contributed by atoms with E-state index in [0.29, 0.717) is 24.4 Å². The van der Waals surface area contributed by atoms with Gasteiger partial charge in [-0.05, 0) is 43.2 Å². The molecule has 0 bridgehead atoms. The third-order valence-electron chi connectivity index (χ3n) is 5.61. The molecule has 6 nitrogen and oxygen atoms in total. The minimum Gasteiger partial charge on any atom is -0.434 e. The minimum atomic E-state index is -4.70. The van der Waals surface area contributed by atoms with E-state index in [1.54, 1.807) is 0 Å². The predicted molar refractivity (Wildman–Crippen MR) is 126 cm³/mol. The smallest absolute Gasteiger partial charge is 0.416 e. The third kappa shape index (κ3) is 5.56. The maximum absolute atomic E-state index is 13.5. The van der Waals surface area contributed by atoms with Crippen molar-refractivity contribution in [2.75, 3.05) is 13.1 Å². The Morgan fingerprint density at radius 2 is 1.81 bits per heavy atom. The Kier molecular flexibility index (Phi) is 7.45. The lowest BCUT2D eigenvalue weighted by Gasteiger charge is -2.14. The molecule has 0 N–H and O–H groups in total. The fourth-order valence-electron chi connectivity index (χ4n) is 3.92. The molecule has 1 aliphatic rings. The molecule has 0 radical (unpaired) electrons. The van der Waals surface area contributed by atoms with Crippen molar-refractivity contribution >= 4 is 28.9 Å². The van der Waals surface area contributed by atoms with Crippen LogP contribution in [0.3, 0.4) is 0 Å². The van der Waals surface area contributed by atoms with Gasteiger partial charge < -0.3 is 9.64 Å². The Hall–Kier alpha value is -3.98. The predicted octanol–water partition coefficient (Wildman–Crippen LogP) is 3.64. The van der Waals surface area contributed by atoms with Gasteiger partial charge in [-0.2, -0.15) is 27.2 Å². The molecule has 0 aliphatic carbocycles. The van der Waals surface area contributed by atoms with Crippen molar-refractivity contribution in [1.82, 2.24) is 9.47 Å². The summed E-state index contributed by atoms with van der Waals surface area (Å²) in [6.45, 7) is -2.33. The zero-order chi connectivity index (χ0) is 26.7. The van der Waals surface area contributed by atoms with E-state index in [4.69, 9.17) is 0 Å². The Morgan fingerprint density at radius 1 is 1.11 bits per heavy atom. The first kappa shape index (κ1) is 26.1. The summed E-state index contributed by atoms with van der Waals surface area (Å²) in [4.78, 5) is 28.0. The number of nitrogens with zero attached hydrogens (tertiary/aromatic N) is 3. The molecule has 0 saturated carbocycles. The lowest BCUT2D eigenvalue weighted by molar-refractivity contribution is -0.137. The molecule has 1 fully saturated rings. The maximum Gasteiger partial charge on any atom is 0.416 e. The monoisotopic (exact) mass is 535 g/mol. The lowest BCUT2D eigenvalue weighted by atomic mass is 10.2. The highest BCUT2D eigenvalue weighted by molar-refractivity contribution is 7.07. The number of nitriles is 1. The Balaban J connectivity index is 2.03. The fourth-order valence-corrected chi connectivity index (χ4v) is 5.00. The van der Waals surface area contributed by atoms with E-state index in [1.165, 1.54) is 41.3 Å². The minimum absolute atomic E-state index is 0.0975. The first-order chi connectivity index (χ1) is 17.6. The van der Waals surface area contributed by atoms with E-state index in [9.17, 15) is 36.8 Å². The summed E-state index contributed by atoms with van der Waals surface area (Å²) in [6, 6.07) is 11.4. The molecule has 12 heteroatoms. The molecule has 1 aliphatic heterocycles. The lowest BCUT2D eigenvalue weighted by Crippen LogP contribution is -2.35. The second-order valence-corrected chi connectivity index (χ2v) is 9.04. The number of para-hydroxylation sites is 1. The summed E-state index contributed by atoms with van der Waals surface area (Å²) in [5.41, 5.74) is -2.36. The highest BCUT2D eigenvalue weighted by Gasteiger charge is 2.31. The Morgan fingerprint density at radius 3 is 2.46 bits per heavy atom. The summed E-state index contributed by atoms with van der Waals surface area (Å²) >= 11 is 0.700. The number of ether oxygens (including phenoxy) is 1. The highest BCUT2D eigenvalue weighted by atomic mass is 32.1. The molecule has 0 spiro atoms. The molecule has 1 aromatic heterocycles. The summed E-state index contributed by atoms with van der Waals surface area (Å²) in [6.07, 6.45) is -2.01. The van der Waals surface area contributed by atoms with Crippen molar-refractivity contribution in [3.8, 4) is 17.5 Å². The van der Waals surface area contributed by atoms with Crippen molar-refractivity contribution in [1.29, 1.82) is 5.26 Å². The highest BCUT2D eigenvalue weighted by Crippen LogP contribution is 2.30. The van der Waals surface area contributed by atoms with Crippen molar-refractivity contribution in [3.63, 3.8) is 0 Å². The van der Waals surface area contributed by atoms with Gasteiger partial charge >= 0.3 is 12.8 Å². The molecule has 0 unspecified atom stereocenters. The molecule has 0 atom stereocenters. The number of thiazole rings is 1. The Labute approximate surface area is 210 Å². The van der Waals surface area contributed by atoms with E-state index in [0.717, 1.165) is 35.6 Å². The number of hydrogen-bond donors (Lipinski definition) is 0. The maximum atomic E-state index is 13.5. The zero-order valence-corrected chi connectivity index (χ0v) is 19.8. The van der Waals surface area contributed by atoms with Crippen molar-refractivity contribution in [2.45, 2.75) is 25.6 Å². The van der Waals surface area contributed by atoms with E-state index < -0.39 is 35.4 Å². The molecular formula is C25H18F5N3O3S. The van der Waals surface area contributed by atoms with Crippen LogP contribution in [-0.4, -0.2) is 35.1 Å². The molecule has 2 aromatic carbocycles. The number of hydrogen-bond acceptors (Lipinski definition) is 5. The molecule has 1 amide bonds. The van der Waals surface area contributed by atoms with Crippen LogP contribution in [0, 0.1) is 11.3 Å². The molecular weight excluding hydrogens is 517 g/mol. The molecule has 192 valence electrons. The number of alkyl halides is 5. The van der Waals surface area contributed by atoms with Gasteiger partial charge in [-0.1, -0.05) is 24.3 Å². The third-order valence-corrected chi connectivity index (χ3v) is 6.70. The second-order valence-electron chi connectivity index (χ2n) is 8.01. The number of carbonyl (C=O) groups is 1. The molecule has 3 aromatic rings. The fraction of sp³-hybridized carbons (Fsp3) is 0.240. The van der Waals surface area contributed by atoms with Crippen molar-refractivity contribution < 1.29 is 31.5 Å². The Bertz CT molecular complexity index is 1550. The van der Waals surface area contributed by atoms with E-state index in [1.807, 2.05) is 6.07 Å². The van der Waals surface area contributed by atoms with Gasteiger partial charge in [-0.3, -0.25) is 14.2 Å². The number of rotatable bonds is 5. The molecule has 2 heterocycles. The van der Waals surface area contributed by atoms with Gasteiger partial charge in [-0.25, -0.2) is 0 Å². The van der Waals surface area contributed by atoms with Crippen LogP contribution in [0.2, 0.25) is 0 Å². The van der Waals surface area contributed by atoms with Crippen LogP contribution in [0.15, 0.2) is 53.3 Å². The van der Waals surface area contributed by atoms with Crippen molar-refractivity contribution in [2.24, 2.45) is 0 Å². The van der Waals surface area contributed by atoms with Gasteiger partial charge in [0.25, 0.3) is 11.5 Å². The molecule has 1 saturated heterocycles.